The van der Waals surface area contributed by atoms with E-state index in [2.05, 4.69) is 25.3 Å². The van der Waals surface area contributed by atoms with E-state index in [1.165, 1.54) is 0 Å². The van der Waals surface area contributed by atoms with Crippen LogP contribution in [0.1, 0.15) is 29.9 Å². The zero-order valence-electron chi connectivity index (χ0n) is 19.1. The molecule has 0 bridgehead atoms. The number of benzene rings is 1. The number of fused-ring (bicyclic) bond motifs is 1. The molecule has 0 saturated carbocycles. The number of nitrogens with zero attached hydrogens (tertiary/aromatic N) is 6. The molecule has 1 aromatic carbocycles. The first-order chi connectivity index (χ1) is 16.0. The monoisotopic (exact) mass is 441 g/mol. The molecule has 1 saturated heterocycles. The number of nitrogens with one attached hydrogen (secondary N) is 1. The molecule has 0 spiro atoms. The van der Waals surface area contributed by atoms with Crippen molar-refractivity contribution in [3.8, 4) is 5.82 Å². The molecular weight excluding hydrogens is 414 g/mol. The summed E-state index contributed by atoms with van der Waals surface area (Å²) >= 11 is 0. The smallest absolute Gasteiger partial charge is 0.228 e. The maximum absolute atomic E-state index is 13.1. The molecule has 1 fully saturated rings. The summed E-state index contributed by atoms with van der Waals surface area (Å²) in [6.07, 6.45) is 1.51. The summed E-state index contributed by atoms with van der Waals surface area (Å²) < 4.78 is 1.71. The molecule has 3 aromatic heterocycles. The second-order valence-electron chi connectivity index (χ2n) is 8.65. The van der Waals surface area contributed by atoms with E-state index in [-0.39, 0.29) is 11.8 Å². The number of carbonyl (C=O) groups excluding carboxylic acids is 1. The van der Waals surface area contributed by atoms with E-state index in [4.69, 9.17) is 4.98 Å². The van der Waals surface area contributed by atoms with E-state index in [0.29, 0.717) is 11.6 Å². The summed E-state index contributed by atoms with van der Waals surface area (Å²) in [6.45, 7) is 7.38. The van der Waals surface area contributed by atoms with Gasteiger partial charge in [-0.1, -0.05) is 18.2 Å². The second-order valence-corrected chi connectivity index (χ2v) is 8.65. The van der Waals surface area contributed by atoms with Crippen LogP contribution in [0.2, 0.25) is 0 Å². The van der Waals surface area contributed by atoms with Crippen LogP contribution in [0, 0.1) is 26.7 Å². The van der Waals surface area contributed by atoms with Gasteiger partial charge in [0.25, 0.3) is 0 Å². The highest BCUT2D eigenvalue weighted by molar-refractivity contribution is 5.92. The zero-order valence-corrected chi connectivity index (χ0v) is 19.1. The highest BCUT2D eigenvalue weighted by Gasteiger charge is 2.27. The summed E-state index contributed by atoms with van der Waals surface area (Å²) in [6, 6.07) is 15.8. The molecule has 5 rings (SSSR count). The molecule has 1 aliphatic heterocycles. The van der Waals surface area contributed by atoms with E-state index in [0.717, 1.165) is 59.9 Å². The molecule has 1 amide bonds. The highest BCUT2D eigenvalue weighted by Crippen LogP contribution is 2.24. The Bertz CT molecular complexity index is 1300. The van der Waals surface area contributed by atoms with Gasteiger partial charge in [-0.3, -0.25) is 4.79 Å². The minimum Gasteiger partial charge on any atom is -0.341 e. The van der Waals surface area contributed by atoms with Gasteiger partial charge >= 0.3 is 0 Å². The summed E-state index contributed by atoms with van der Waals surface area (Å²) in [7, 11) is 0. The van der Waals surface area contributed by atoms with E-state index in [1.807, 2.05) is 69.3 Å². The number of anilines is 2. The average molecular weight is 442 g/mol. The van der Waals surface area contributed by atoms with Crippen molar-refractivity contribution >= 4 is 28.6 Å². The van der Waals surface area contributed by atoms with Gasteiger partial charge in [-0.25, -0.2) is 15.0 Å². The zero-order chi connectivity index (χ0) is 22.9. The highest BCUT2D eigenvalue weighted by atomic mass is 16.2. The third-order valence-corrected chi connectivity index (χ3v) is 6.00. The summed E-state index contributed by atoms with van der Waals surface area (Å²) in [5, 5.41) is 8.73. The Labute approximate surface area is 192 Å². The van der Waals surface area contributed by atoms with Gasteiger partial charge in [-0.05, 0) is 57.9 Å². The van der Waals surface area contributed by atoms with Crippen molar-refractivity contribution in [1.82, 2.24) is 24.7 Å². The molecule has 4 heterocycles. The van der Waals surface area contributed by atoms with Crippen molar-refractivity contribution in [2.45, 2.75) is 33.6 Å². The summed E-state index contributed by atoms with van der Waals surface area (Å²) in [4.78, 5) is 29.1. The Balaban J connectivity index is 1.30. The number of carbonyl (C=O) groups is 1. The lowest BCUT2D eigenvalue weighted by atomic mass is 9.96. The van der Waals surface area contributed by atoms with Crippen LogP contribution < -0.4 is 10.2 Å². The third-order valence-electron chi connectivity index (χ3n) is 6.00. The largest absolute Gasteiger partial charge is 0.341 e. The van der Waals surface area contributed by atoms with Gasteiger partial charge in [0.2, 0.25) is 11.9 Å². The van der Waals surface area contributed by atoms with Crippen molar-refractivity contribution < 1.29 is 4.79 Å². The van der Waals surface area contributed by atoms with Crippen molar-refractivity contribution in [3.05, 3.63) is 65.6 Å². The number of piperidine rings is 1. The molecule has 1 aliphatic rings. The number of amides is 1. The Morgan fingerprint density at radius 1 is 0.909 bits per heavy atom. The fourth-order valence-corrected chi connectivity index (χ4v) is 4.36. The van der Waals surface area contributed by atoms with Crippen LogP contribution in [-0.4, -0.2) is 43.7 Å². The number of rotatable bonds is 4. The molecule has 8 heteroatoms. The molecule has 1 N–H and O–H groups in total. The van der Waals surface area contributed by atoms with Gasteiger partial charge in [0.05, 0.1) is 11.2 Å². The molecule has 0 atom stereocenters. The molecular formula is C25H27N7O. The predicted octanol–water partition coefficient (Wildman–Crippen LogP) is 3.99. The van der Waals surface area contributed by atoms with Crippen molar-refractivity contribution in [1.29, 1.82) is 0 Å². The Morgan fingerprint density at radius 3 is 2.39 bits per heavy atom. The first kappa shape index (κ1) is 21.1. The van der Waals surface area contributed by atoms with E-state index in [1.54, 1.807) is 4.68 Å². The van der Waals surface area contributed by atoms with Gasteiger partial charge in [0.15, 0.2) is 5.82 Å². The van der Waals surface area contributed by atoms with Crippen LogP contribution in [-0.2, 0) is 4.79 Å². The summed E-state index contributed by atoms with van der Waals surface area (Å²) in [5.41, 5.74) is 3.63. The topological polar surface area (TPSA) is 88.8 Å². The van der Waals surface area contributed by atoms with Crippen LogP contribution in [0.5, 0.6) is 0 Å². The first-order valence-electron chi connectivity index (χ1n) is 11.3. The van der Waals surface area contributed by atoms with Gasteiger partial charge < -0.3 is 10.2 Å². The quantitative estimate of drug-likeness (QED) is 0.515. The average Bonchev–Trinajstić information content (AvgIpc) is 3.18. The number of aryl methyl sites for hydroxylation is 3. The van der Waals surface area contributed by atoms with Crippen molar-refractivity contribution in [3.63, 3.8) is 0 Å². The maximum Gasteiger partial charge on any atom is 0.228 e. The lowest BCUT2D eigenvalue weighted by Gasteiger charge is -2.31. The van der Waals surface area contributed by atoms with Crippen LogP contribution in [0.3, 0.4) is 0 Å². The molecule has 168 valence electrons. The minimum absolute atomic E-state index is 0.0120. The second kappa shape index (κ2) is 8.61. The van der Waals surface area contributed by atoms with E-state index >= 15 is 0 Å². The van der Waals surface area contributed by atoms with Crippen LogP contribution in [0.4, 0.5) is 11.8 Å². The van der Waals surface area contributed by atoms with E-state index < -0.39 is 0 Å². The van der Waals surface area contributed by atoms with Crippen molar-refractivity contribution in [2.24, 2.45) is 5.92 Å². The van der Waals surface area contributed by atoms with Crippen LogP contribution in [0.15, 0.2) is 48.5 Å². The number of para-hydroxylation sites is 1. The minimum atomic E-state index is -0.0691. The van der Waals surface area contributed by atoms with Crippen LogP contribution in [0.25, 0.3) is 16.7 Å². The standard InChI is InChI=1S/C25H27N7O/c1-16-14-17(2)27-25(26-16)31-12-10-20(11-13-31)24(33)29-23-15-18(3)30-32(23)22-9-8-19-6-4-5-7-21(19)28-22/h4-9,14-15,20H,10-13H2,1-3H3,(H,29,33). The fraction of sp³-hybridized carbons (Fsp3) is 0.320. The molecule has 0 radical (unpaired) electrons. The summed E-state index contributed by atoms with van der Waals surface area (Å²) in [5.74, 6) is 2.01. The molecule has 0 unspecified atom stereocenters. The third kappa shape index (κ3) is 4.41. The van der Waals surface area contributed by atoms with Gasteiger partial charge in [-0.15, -0.1) is 0 Å². The number of hydrogen-bond acceptors (Lipinski definition) is 6. The Hall–Kier alpha value is -3.81. The van der Waals surface area contributed by atoms with Gasteiger partial charge in [-0.2, -0.15) is 9.78 Å². The van der Waals surface area contributed by atoms with Gasteiger partial charge in [0, 0.05) is 41.8 Å². The molecule has 4 aromatic rings. The maximum atomic E-state index is 13.1. The van der Waals surface area contributed by atoms with E-state index in [9.17, 15) is 4.79 Å². The molecule has 8 nitrogen and oxygen atoms in total. The predicted molar refractivity (Wildman–Crippen MR) is 129 cm³/mol. The lowest BCUT2D eigenvalue weighted by molar-refractivity contribution is -0.120. The fourth-order valence-electron chi connectivity index (χ4n) is 4.36. The van der Waals surface area contributed by atoms with Gasteiger partial charge in [0.1, 0.15) is 5.82 Å². The number of hydrogen-bond donors (Lipinski definition) is 1. The van der Waals surface area contributed by atoms with Crippen molar-refractivity contribution in [2.75, 3.05) is 23.3 Å². The molecule has 33 heavy (non-hydrogen) atoms. The lowest BCUT2D eigenvalue weighted by Crippen LogP contribution is -2.39. The Kier molecular flexibility index (Phi) is 5.50. The first-order valence-corrected chi connectivity index (χ1v) is 11.3. The number of pyridine rings is 1. The molecule has 0 aliphatic carbocycles. The number of aromatic nitrogens is 5. The normalized spacial score (nSPS) is 14.6. The SMILES string of the molecule is Cc1cc(C)nc(N2CCC(C(=O)Nc3cc(C)nn3-c3ccc4ccccc4n3)CC2)n1. The van der Waals surface area contributed by atoms with Crippen LogP contribution >= 0.6 is 0 Å². The Morgan fingerprint density at radius 2 is 1.64 bits per heavy atom.